The number of phenols is 1. The fourth-order valence-corrected chi connectivity index (χ4v) is 4.86. The number of hydrogen-bond acceptors (Lipinski definition) is 6. The standard InChI is InChI=1S/C28H27ClN2O4/c1-18-14-24(32)23(17-30-10-12-31(13-11-30)21-6-8-22(34-2)9-7-21)28-26(18)27(33)25(35-28)16-19-4-3-5-20(29)15-19/h3-9,14-16,32H,10-13,17H2,1-2H3/b25-16-. The average molecular weight is 491 g/mol. The molecule has 2 aliphatic heterocycles. The molecular formula is C28H27ClN2O4. The van der Waals surface area contributed by atoms with Crippen molar-refractivity contribution in [2.24, 2.45) is 0 Å². The SMILES string of the molecule is COc1ccc(N2CCN(Cc3c(O)cc(C)c4c3O/C(=C\c3cccc(Cl)c3)C4=O)CC2)cc1. The van der Waals surface area contributed by atoms with Crippen LogP contribution in [0.1, 0.15) is 27.0 Å². The number of nitrogens with zero attached hydrogens (tertiary/aromatic N) is 2. The summed E-state index contributed by atoms with van der Waals surface area (Å²) in [6.45, 7) is 5.70. The van der Waals surface area contributed by atoms with Crippen LogP contribution in [-0.4, -0.2) is 49.1 Å². The molecule has 5 rings (SSSR count). The van der Waals surface area contributed by atoms with Crippen molar-refractivity contribution in [2.75, 3.05) is 38.2 Å². The Morgan fingerprint density at radius 1 is 1.09 bits per heavy atom. The van der Waals surface area contributed by atoms with Crippen LogP contribution in [0.2, 0.25) is 5.02 Å². The number of aryl methyl sites for hydroxylation is 1. The second kappa shape index (κ2) is 9.64. The van der Waals surface area contributed by atoms with E-state index in [4.69, 9.17) is 21.1 Å². The van der Waals surface area contributed by atoms with Crippen LogP contribution in [0.15, 0.2) is 60.4 Å². The molecule has 35 heavy (non-hydrogen) atoms. The number of carbonyl (C=O) groups is 1. The number of hydrogen-bond donors (Lipinski definition) is 1. The number of aromatic hydroxyl groups is 1. The first kappa shape index (κ1) is 23.3. The van der Waals surface area contributed by atoms with Crippen LogP contribution in [0.5, 0.6) is 17.2 Å². The second-order valence-corrected chi connectivity index (χ2v) is 9.29. The third-order valence-electron chi connectivity index (χ3n) is 6.56. The number of ether oxygens (including phenoxy) is 2. The number of carbonyl (C=O) groups excluding carboxylic acids is 1. The minimum Gasteiger partial charge on any atom is -0.507 e. The Morgan fingerprint density at radius 3 is 2.51 bits per heavy atom. The van der Waals surface area contributed by atoms with Crippen molar-refractivity contribution < 1.29 is 19.4 Å². The van der Waals surface area contributed by atoms with E-state index >= 15 is 0 Å². The zero-order valence-corrected chi connectivity index (χ0v) is 20.5. The average Bonchev–Trinajstić information content (AvgIpc) is 3.18. The molecule has 0 spiro atoms. The maximum atomic E-state index is 13.2. The molecule has 2 aliphatic rings. The van der Waals surface area contributed by atoms with Crippen molar-refractivity contribution in [3.63, 3.8) is 0 Å². The van der Waals surface area contributed by atoms with Gasteiger partial charge in [0, 0.05) is 43.4 Å². The molecule has 3 aromatic carbocycles. The van der Waals surface area contributed by atoms with Gasteiger partial charge in [-0.1, -0.05) is 23.7 Å². The molecule has 2 heterocycles. The Labute approximate surface area is 209 Å². The van der Waals surface area contributed by atoms with Gasteiger partial charge in [0.25, 0.3) is 0 Å². The lowest BCUT2D eigenvalue weighted by Crippen LogP contribution is -2.46. The van der Waals surface area contributed by atoms with Crippen molar-refractivity contribution in [2.45, 2.75) is 13.5 Å². The molecular weight excluding hydrogens is 464 g/mol. The lowest BCUT2D eigenvalue weighted by atomic mass is 9.99. The van der Waals surface area contributed by atoms with Crippen LogP contribution in [0, 0.1) is 6.92 Å². The number of fused-ring (bicyclic) bond motifs is 1. The number of anilines is 1. The number of Topliss-reactive ketones (excluding diaryl/α,β-unsaturated/α-hetero) is 1. The van der Waals surface area contributed by atoms with Crippen LogP contribution >= 0.6 is 11.6 Å². The summed E-state index contributed by atoms with van der Waals surface area (Å²) in [4.78, 5) is 17.8. The van der Waals surface area contributed by atoms with Crippen LogP contribution in [-0.2, 0) is 6.54 Å². The van der Waals surface area contributed by atoms with E-state index in [0.29, 0.717) is 34.0 Å². The van der Waals surface area contributed by atoms with E-state index in [1.807, 2.05) is 31.2 Å². The van der Waals surface area contributed by atoms with Crippen LogP contribution in [0.4, 0.5) is 5.69 Å². The van der Waals surface area contributed by atoms with E-state index in [0.717, 1.165) is 43.2 Å². The normalized spacial score (nSPS) is 16.9. The van der Waals surface area contributed by atoms with Gasteiger partial charge in [0.2, 0.25) is 5.78 Å². The molecule has 7 heteroatoms. The van der Waals surface area contributed by atoms with Crippen LogP contribution in [0.3, 0.4) is 0 Å². The van der Waals surface area contributed by atoms with Gasteiger partial charge in [-0.25, -0.2) is 0 Å². The van der Waals surface area contributed by atoms with Gasteiger partial charge < -0.3 is 19.5 Å². The number of benzene rings is 3. The molecule has 0 bridgehead atoms. The molecule has 0 saturated carbocycles. The highest BCUT2D eigenvalue weighted by Crippen LogP contribution is 2.42. The van der Waals surface area contributed by atoms with Gasteiger partial charge in [0.15, 0.2) is 5.76 Å². The van der Waals surface area contributed by atoms with E-state index in [1.54, 1.807) is 31.4 Å². The summed E-state index contributed by atoms with van der Waals surface area (Å²) in [5, 5.41) is 11.4. The lowest BCUT2D eigenvalue weighted by Gasteiger charge is -2.36. The van der Waals surface area contributed by atoms with Crippen molar-refractivity contribution in [1.82, 2.24) is 4.90 Å². The van der Waals surface area contributed by atoms with E-state index in [-0.39, 0.29) is 17.3 Å². The third kappa shape index (κ3) is 4.72. The number of piperazine rings is 1. The summed E-state index contributed by atoms with van der Waals surface area (Å²) >= 11 is 6.10. The van der Waals surface area contributed by atoms with Gasteiger partial charge in [0.1, 0.15) is 17.2 Å². The minimum absolute atomic E-state index is 0.149. The first-order valence-electron chi connectivity index (χ1n) is 11.6. The molecule has 1 N–H and O–H groups in total. The maximum absolute atomic E-state index is 13.2. The zero-order valence-electron chi connectivity index (χ0n) is 19.8. The van der Waals surface area contributed by atoms with Gasteiger partial charge >= 0.3 is 0 Å². The van der Waals surface area contributed by atoms with E-state index in [2.05, 4.69) is 21.9 Å². The van der Waals surface area contributed by atoms with Crippen molar-refractivity contribution in [3.8, 4) is 17.2 Å². The molecule has 0 aliphatic carbocycles. The topological polar surface area (TPSA) is 62.2 Å². The Balaban J connectivity index is 1.34. The molecule has 0 unspecified atom stereocenters. The lowest BCUT2D eigenvalue weighted by molar-refractivity contribution is 0.101. The minimum atomic E-state index is -0.178. The molecule has 0 amide bonds. The number of methoxy groups -OCH3 is 1. The predicted molar refractivity (Wildman–Crippen MR) is 138 cm³/mol. The van der Waals surface area contributed by atoms with Gasteiger partial charge in [-0.05, 0) is 66.6 Å². The molecule has 6 nitrogen and oxygen atoms in total. The largest absolute Gasteiger partial charge is 0.507 e. The molecule has 180 valence electrons. The summed E-state index contributed by atoms with van der Waals surface area (Å²) in [5.41, 5.74) is 3.81. The Kier molecular flexibility index (Phi) is 6.41. The number of allylic oxidation sites excluding steroid dienone is 1. The second-order valence-electron chi connectivity index (χ2n) is 8.85. The highest BCUT2D eigenvalue weighted by Gasteiger charge is 2.34. The summed E-state index contributed by atoms with van der Waals surface area (Å²) in [6, 6.07) is 17.0. The van der Waals surface area contributed by atoms with Crippen LogP contribution in [0.25, 0.3) is 6.08 Å². The van der Waals surface area contributed by atoms with Gasteiger partial charge in [0.05, 0.1) is 18.2 Å². The fraction of sp³-hybridized carbons (Fsp3) is 0.250. The predicted octanol–water partition coefficient (Wildman–Crippen LogP) is 5.30. The number of ketones is 1. The molecule has 0 atom stereocenters. The van der Waals surface area contributed by atoms with Crippen molar-refractivity contribution >= 4 is 29.1 Å². The number of halogens is 1. The first-order chi connectivity index (χ1) is 16.9. The Hall–Kier alpha value is -3.48. The van der Waals surface area contributed by atoms with Gasteiger partial charge in [-0.15, -0.1) is 0 Å². The van der Waals surface area contributed by atoms with E-state index < -0.39 is 0 Å². The highest BCUT2D eigenvalue weighted by atomic mass is 35.5. The maximum Gasteiger partial charge on any atom is 0.232 e. The summed E-state index contributed by atoms with van der Waals surface area (Å²) in [7, 11) is 1.67. The summed E-state index contributed by atoms with van der Waals surface area (Å²) < 4.78 is 11.3. The summed E-state index contributed by atoms with van der Waals surface area (Å²) in [5.74, 6) is 1.51. The van der Waals surface area contributed by atoms with Crippen LogP contribution < -0.4 is 14.4 Å². The van der Waals surface area contributed by atoms with Crippen molar-refractivity contribution in [3.05, 3.63) is 87.6 Å². The third-order valence-corrected chi connectivity index (χ3v) is 6.79. The monoisotopic (exact) mass is 490 g/mol. The Bertz CT molecular complexity index is 1300. The number of rotatable bonds is 5. The Morgan fingerprint density at radius 2 is 1.83 bits per heavy atom. The molecule has 3 aromatic rings. The number of phenolic OH excluding ortho intramolecular Hbond substituents is 1. The summed E-state index contributed by atoms with van der Waals surface area (Å²) in [6.07, 6.45) is 1.70. The van der Waals surface area contributed by atoms with E-state index in [1.165, 1.54) is 0 Å². The van der Waals surface area contributed by atoms with Gasteiger partial charge in [-0.3, -0.25) is 9.69 Å². The molecule has 0 radical (unpaired) electrons. The highest BCUT2D eigenvalue weighted by molar-refractivity contribution is 6.30. The molecule has 0 aromatic heterocycles. The van der Waals surface area contributed by atoms with Gasteiger partial charge in [-0.2, -0.15) is 0 Å². The first-order valence-corrected chi connectivity index (χ1v) is 12.0. The fourth-order valence-electron chi connectivity index (χ4n) is 4.66. The molecule has 1 fully saturated rings. The molecule has 1 saturated heterocycles. The zero-order chi connectivity index (χ0) is 24.5. The smallest absolute Gasteiger partial charge is 0.232 e. The van der Waals surface area contributed by atoms with E-state index in [9.17, 15) is 9.90 Å². The quantitative estimate of drug-likeness (QED) is 0.490. The van der Waals surface area contributed by atoms with Crippen molar-refractivity contribution in [1.29, 1.82) is 0 Å².